The lowest BCUT2D eigenvalue weighted by Crippen LogP contribution is -2.46. The van der Waals surface area contributed by atoms with E-state index in [1.165, 1.54) is 10.3 Å². The van der Waals surface area contributed by atoms with E-state index in [2.05, 4.69) is 29.4 Å². The molecule has 1 aromatic heterocycles. The zero-order valence-electron chi connectivity index (χ0n) is 10.7. The highest BCUT2D eigenvalue weighted by molar-refractivity contribution is 7.91. The Morgan fingerprint density at radius 3 is 3.05 bits per heavy atom. The summed E-state index contributed by atoms with van der Waals surface area (Å²) in [5.74, 6) is 0.477. The first kappa shape index (κ1) is 13.0. The maximum Gasteiger partial charge on any atom is 0.153 e. The van der Waals surface area contributed by atoms with E-state index >= 15 is 0 Å². The third kappa shape index (κ3) is 2.80. The second-order valence-electron chi connectivity index (χ2n) is 5.00. The highest BCUT2D eigenvalue weighted by Gasteiger charge is 2.25. The van der Waals surface area contributed by atoms with Crippen molar-refractivity contribution in [3.63, 3.8) is 0 Å². The third-order valence-corrected chi connectivity index (χ3v) is 6.17. The number of rotatable bonds is 2. The number of benzene rings is 1. The summed E-state index contributed by atoms with van der Waals surface area (Å²) in [5, 5.41) is 4.28. The molecule has 1 unspecified atom stereocenters. The lowest BCUT2D eigenvalue weighted by atomic mass is 10.2. The van der Waals surface area contributed by atoms with Crippen molar-refractivity contribution in [2.24, 2.45) is 0 Å². The topological polar surface area (TPSA) is 59.1 Å². The van der Waals surface area contributed by atoms with Gasteiger partial charge in [0.2, 0.25) is 0 Å². The monoisotopic (exact) mass is 296 g/mol. The normalized spacial score (nSPS) is 22.7. The predicted molar refractivity (Wildman–Crippen MR) is 78.5 cm³/mol. The molecule has 0 radical (unpaired) electrons. The maximum absolute atomic E-state index is 11.6. The van der Waals surface area contributed by atoms with Crippen LogP contribution in [-0.2, 0) is 16.3 Å². The average molecular weight is 296 g/mol. The van der Waals surface area contributed by atoms with Crippen LogP contribution >= 0.6 is 11.3 Å². The van der Waals surface area contributed by atoms with Crippen molar-refractivity contribution >= 4 is 31.4 Å². The summed E-state index contributed by atoms with van der Waals surface area (Å²) in [6, 6.07) is 6.15. The molecule has 0 bridgehead atoms. The van der Waals surface area contributed by atoms with Crippen LogP contribution in [0.3, 0.4) is 0 Å². The summed E-state index contributed by atoms with van der Waals surface area (Å²) in [6.07, 6.45) is 0.692. The zero-order chi connectivity index (χ0) is 13.5. The van der Waals surface area contributed by atoms with Gasteiger partial charge < -0.3 is 5.32 Å². The van der Waals surface area contributed by atoms with Crippen LogP contribution in [0.5, 0.6) is 0 Å². The molecule has 1 fully saturated rings. The molecule has 1 aliphatic heterocycles. The predicted octanol–water partition coefficient (Wildman–Crippen LogP) is 1.53. The number of sulfone groups is 1. The first-order valence-electron chi connectivity index (χ1n) is 6.32. The minimum atomic E-state index is -2.88. The van der Waals surface area contributed by atoms with Gasteiger partial charge in [0.1, 0.15) is 0 Å². The lowest BCUT2D eigenvalue weighted by molar-refractivity contribution is 0.515. The van der Waals surface area contributed by atoms with Crippen molar-refractivity contribution in [1.82, 2.24) is 10.3 Å². The number of aryl methyl sites for hydroxylation is 1. The molecule has 1 aliphatic rings. The van der Waals surface area contributed by atoms with E-state index in [-0.39, 0.29) is 17.5 Å². The standard InChI is InChI=1S/C13H16N2O2S2/c1-9-3-2-4-11-13(9)15-12(18-11)7-10-8-19(16,17)6-5-14-10/h2-4,10,14H,5-8H2,1H3. The minimum Gasteiger partial charge on any atom is -0.312 e. The van der Waals surface area contributed by atoms with Gasteiger partial charge in [0.25, 0.3) is 0 Å². The van der Waals surface area contributed by atoms with Crippen LogP contribution in [0.4, 0.5) is 0 Å². The molecule has 3 rings (SSSR count). The average Bonchev–Trinajstić information content (AvgIpc) is 2.71. The SMILES string of the molecule is Cc1cccc2sc(CC3CS(=O)(=O)CCN3)nc12. The molecule has 0 spiro atoms. The fourth-order valence-corrected chi connectivity index (χ4v) is 5.00. The minimum absolute atomic E-state index is 0.000353. The number of thiazole rings is 1. The molecule has 19 heavy (non-hydrogen) atoms. The first-order valence-corrected chi connectivity index (χ1v) is 8.96. The summed E-state index contributed by atoms with van der Waals surface area (Å²) in [7, 11) is -2.88. The Balaban J connectivity index is 1.84. The van der Waals surface area contributed by atoms with Crippen LogP contribution < -0.4 is 5.32 Å². The number of hydrogen-bond donors (Lipinski definition) is 1. The van der Waals surface area contributed by atoms with Crippen LogP contribution in [0, 0.1) is 6.92 Å². The number of fused-ring (bicyclic) bond motifs is 1. The van der Waals surface area contributed by atoms with Gasteiger partial charge in [-0.1, -0.05) is 12.1 Å². The Morgan fingerprint density at radius 2 is 2.32 bits per heavy atom. The van der Waals surface area contributed by atoms with Crippen LogP contribution in [0.25, 0.3) is 10.2 Å². The fourth-order valence-electron chi connectivity index (χ4n) is 2.43. The molecule has 1 atom stereocenters. The molecular weight excluding hydrogens is 280 g/mol. The molecule has 0 amide bonds. The van der Waals surface area contributed by atoms with E-state index in [0.29, 0.717) is 13.0 Å². The van der Waals surface area contributed by atoms with Crippen LogP contribution in [0.1, 0.15) is 10.6 Å². The van der Waals surface area contributed by atoms with E-state index in [1.54, 1.807) is 11.3 Å². The molecule has 2 aromatic rings. The number of para-hydroxylation sites is 1. The molecule has 2 heterocycles. The van der Waals surface area contributed by atoms with E-state index in [4.69, 9.17) is 0 Å². The Hall–Kier alpha value is -0.980. The van der Waals surface area contributed by atoms with Gasteiger partial charge in [-0.25, -0.2) is 13.4 Å². The Morgan fingerprint density at radius 1 is 1.47 bits per heavy atom. The molecular formula is C13H16N2O2S2. The summed E-state index contributed by atoms with van der Waals surface area (Å²) in [6.45, 7) is 2.60. The molecule has 0 aliphatic carbocycles. The molecule has 1 N–H and O–H groups in total. The second-order valence-corrected chi connectivity index (χ2v) is 8.34. The van der Waals surface area contributed by atoms with Crippen molar-refractivity contribution in [3.8, 4) is 0 Å². The summed E-state index contributed by atoms with van der Waals surface area (Å²) >= 11 is 1.66. The van der Waals surface area contributed by atoms with E-state index in [0.717, 1.165) is 10.5 Å². The second kappa shape index (κ2) is 4.85. The third-order valence-electron chi connectivity index (χ3n) is 3.39. The highest BCUT2D eigenvalue weighted by atomic mass is 32.2. The molecule has 1 saturated heterocycles. The van der Waals surface area contributed by atoms with Crippen molar-refractivity contribution in [2.75, 3.05) is 18.1 Å². The number of hydrogen-bond acceptors (Lipinski definition) is 5. The van der Waals surface area contributed by atoms with Crippen LogP contribution in [-0.4, -0.2) is 37.5 Å². The highest BCUT2D eigenvalue weighted by Crippen LogP contribution is 2.25. The molecule has 4 nitrogen and oxygen atoms in total. The smallest absolute Gasteiger partial charge is 0.153 e. The fraction of sp³-hybridized carbons (Fsp3) is 0.462. The molecule has 6 heteroatoms. The van der Waals surface area contributed by atoms with E-state index in [1.807, 2.05) is 6.07 Å². The van der Waals surface area contributed by atoms with Gasteiger partial charge in [-0.3, -0.25) is 0 Å². The van der Waals surface area contributed by atoms with Crippen molar-refractivity contribution in [1.29, 1.82) is 0 Å². The van der Waals surface area contributed by atoms with Gasteiger partial charge in [0.15, 0.2) is 9.84 Å². The van der Waals surface area contributed by atoms with Gasteiger partial charge in [-0.15, -0.1) is 11.3 Å². The summed E-state index contributed by atoms with van der Waals surface area (Å²) < 4.78 is 24.4. The molecule has 0 saturated carbocycles. The zero-order valence-corrected chi connectivity index (χ0v) is 12.4. The number of nitrogens with zero attached hydrogens (tertiary/aromatic N) is 1. The molecule has 1 aromatic carbocycles. The van der Waals surface area contributed by atoms with Gasteiger partial charge >= 0.3 is 0 Å². The van der Waals surface area contributed by atoms with Crippen molar-refractivity contribution < 1.29 is 8.42 Å². The summed E-state index contributed by atoms with van der Waals surface area (Å²) in [4.78, 5) is 4.64. The Labute approximate surface area is 116 Å². The summed E-state index contributed by atoms with van der Waals surface area (Å²) in [5.41, 5.74) is 2.21. The lowest BCUT2D eigenvalue weighted by Gasteiger charge is -2.22. The van der Waals surface area contributed by atoms with E-state index in [9.17, 15) is 8.42 Å². The van der Waals surface area contributed by atoms with Crippen molar-refractivity contribution in [2.45, 2.75) is 19.4 Å². The van der Waals surface area contributed by atoms with E-state index < -0.39 is 9.84 Å². The Bertz CT molecular complexity index is 707. The quantitative estimate of drug-likeness (QED) is 0.913. The largest absolute Gasteiger partial charge is 0.312 e. The van der Waals surface area contributed by atoms with Gasteiger partial charge in [0, 0.05) is 19.0 Å². The van der Waals surface area contributed by atoms with Crippen molar-refractivity contribution in [3.05, 3.63) is 28.8 Å². The molecule has 102 valence electrons. The number of aromatic nitrogens is 1. The van der Waals surface area contributed by atoms with Crippen LogP contribution in [0.2, 0.25) is 0 Å². The Kier molecular flexibility index (Phi) is 3.32. The van der Waals surface area contributed by atoms with Gasteiger partial charge in [-0.2, -0.15) is 0 Å². The maximum atomic E-state index is 11.6. The van der Waals surface area contributed by atoms with Crippen LogP contribution in [0.15, 0.2) is 18.2 Å². The first-order chi connectivity index (χ1) is 9.03. The van der Waals surface area contributed by atoms with Gasteiger partial charge in [0.05, 0.1) is 26.7 Å². The van der Waals surface area contributed by atoms with Gasteiger partial charge in [-0.05, 0) is 18.6 Å². The number of nitrogens with one attached hydrogen (secondary N) is 1.